The standard InChI is InChI=1S/C9H11F5N4O/c1-15-5-2-6(16-3-4(19)7(10)11)18-8(17-5)9(12,13)14/h2,4,7,19H,3H2,1H3,(H2,15,16,17,18). The van der Waals surface area contributed by atoms with Crippen molar-refractivity contribution in [1.29, 1.82) is 0 Å². The number of aliphatic hydroxyl groups excluding tert-OH is 1. The third-order valence-electron chi connectivity index (χ3n) is 2.02. The maximum atomic E-state index is 12.5. The van der Waals surface area contributed by atoms with Crippen molar-refractivity contribution in [3.05, 3.63) is 11.9 Å². The number of aromatic nitrogens is 2. The monoisotopic (exact) mass is 286 g/mol. The number of anilines is 2. The maximum Gasteiger partial charge on any atom is 0.451 e. The van der Waals surface area contributed by atoms with Crippen molar-refractivity contribution in [3.8, 4) is 0 Å². The van der Waals surface area contributed by atoms with Crippen molar-refractivity contribution in [2.24, 2.45) is 0 Å². The summed E-state index contributed by atoms with van der Waals surface area (Å²) < 4.78 is 61.4. The van der Waals surface area contributed by atoms with E-state index in [-0.39, 0.29) is 11.6 Å². The summed E-state index contributed by atoms with van der Waals surface area (Å²) in [5.41, 5.74) is 0. The summed E-state index contributed by atoms with van der Waals surface area (Å²) in [5.74, 6) is -1.85. The van der Waals surface area contributed by atoms with Crippen LogP contribution in [-0.4, -0.2) is 41.2 Å². The van der Waals surface area contributed by atoms with Gasteiger partial charge in [-0.3, -0.25) is 0 Å². The van der Waals surface area contributed by atoms with Crippen molar-refractivity contribution < 1.29 is 27.1 Å². The number of rotatable bonds is 5. The summed E-state index contributed by atoms with van der Waals surface area (Å²) in [6.07, 6.45) is -9.76. The molecule has 0 amide bonds. The second-order valence-electron chi connectivity index (χ2n) is 3.49. The van der Waals surface area contributed by atoms with Crippen LogP contribution in [0.15, 0.2) is 6.07 Å². The van der Waals surface area contributed by atoms with Crippen molar-refractivity contribution in [2.45, 2.75) is 18.7 Å². The van der Waals surface area contributed by atoms with Crippen molar-refractivity contribution >= 4 is 11.6 Å². The Labute approximate surface area is 104 Å². The molecule has 1 aromatic heterocycles. The van der Waals surface area contributed by atoms with E-state index in [0.29, 0.717) is 0 Å². The minimum absolute atomic E-state index is 0.128. The van der Waals surface area contributed by atoms with E-state index < -0.39 is 31.1 Å². The SMILES string of the molecule is CNc1cc(NCC(O)C(F)F)nc(C(F)(F)F)n1. The lowest BCUT2D eigenvalue weighted by Gasteiger charge is -2.13. The van der Waals surface area contributed by atoms with Gasteiger partial charge in [0.1, 0.15) is 17.7 Å². The van der Waals surface area contributed by atoms with E-state index in [0.717, 1.165) is 6.07 Å². The van der Waals surface area contributed by atoms with Gasteiger partial charge in [0.2, 0.25) is 5.82 Å². The number of halogens is 5. The molecule has 1 aromatic rings. The number of nitrogens with one attached hydrogen (secondary N) is 2. The molecule has 0 radical (unpaired) electrons. The van der Waals surface area contributed by atoms with E-state index in [4.69, 9.17) is 5.11 Å². The maximum absolute atomic E-state index is 12.5. The lowest BCUT2D eigenvalue weighted by atomic mass is 10.3. The topological polar surface area (TPSA) is 70.1 Å². The molecule has 0 spiro atoms. The second-order valence-corrected chi connectivity index (χ2v) is 3.49. The third-order valence-corrected chi connectivity index (χ3v) is 2.02. The van der Waals surface area contributed by atoms with E-state index in [1.54, 1.807) is 0 Å². The summed E-state index contributed by atoms with van der Waals surface area (Å²) in [7, 11) is 1.35. The molecule has 1 heterocycles. The molecule has 0 aliphatic carbocycles. The first-order valence-corrected chi connectivity index (χ1v) is 5.08. The average Bonchev–Trinajstić information content (AvgIpc) is 2.34. The summed E-state index contributed by atoms with van der Waals surface area (Å²) in [6, 6.07) is 1.10. The van der Waals surface area contributed by atoms with Crippen LogP contribution in [0.5, 0.6) is 0 Å². The van der Waals surface area contributed by atoms with Crippen LogP contribution in [0.25, 0.3) is 0 Å². The molecule has 1 unspecified atom stereocenters. The molecule has 1 atom stereocenters. The van der Waals surface area contributed by atoms with E-state index in [2.05, 4.69) is 20.6 Å². The van der Waals surface area contributed by atoms with E-state index in [1.165, 1.54) is 7.05 Å². The quantitative estimate of drug-likeness (QED) is 0.717. The minimum atomic E-state index is -4.76. The fourth-order valence-electron chi connectivity index (χ4n) is 1.09. The fourth-order valence-corrected chi connectivity index (χ4v) is 1.09. The molecule has 0 aliphatic rings. The Morgan fingerprint density at radius 2 is 1.84 bits per heavy atom. The van der Waals surface area contributed by atoms with Gasteiger partial charge < -0.3 is 15.7 Å². The van der Waals surface area contributed by atoms with Crippen LogP contribution in [0, 0.1) is 0 Å². The van der Waals surface area contributed by atoms with Gasteiger partial charge in [-0.05, 0) is 0 Å². The van der Waals surface area contributed by atoms with E-state index in [1.807, 2.05) is 0 Å². The predicted molar refractivity (Wildman–Crippen MR) is 57.1 cm³/mol. The molecule has 0 aromatic carbocycles. The van der Waals surface area contributed by atoms with Crippen LogP contribution in [0.2, 0.25) is 0 Å². The lowest BCUT2D eigenvalue weighted by molar-refractivity contribution is -0.144. The van der Waals surface area contributed by atoms with Gasteiger partial charge in [0.15, 0.2) is 0 Å². The smallest absolute Gasteiger partial charge is 0.385 e. The lowest BCUT2D eigenvalue weighted by Crippen LogP contribution is -2.27. The molecular weight excluding hydrogens is 275 g/mol. The van der Waals surface area contributed by atoms with Crippen LogP contribution < -0.4 is 10.6 Å². The van der Waals surface area contributed by atoms with Gasteiger partial charge in [0.05, 0.1) is 0 Å². The zero-order chi connectivity index (χ0) is 14.6. The van der Waals surface area contributed by atoms with E-state index in [9.17, 15) is 22.0 Å². The Morgan fingerprint density at radius 1 is 1.26 bits per heavy atom. The zero-order valence-corrected chi connectivity index (χ0v) is 9.67. The second kappa shape index (κ2) is 5.95. The van der Waals surface area contributed by atoms with Gasteiger partial charge in [0, 0.05) is 19.7 Å². The Balaban J connectivity index is 2.89. The third kappa shape index (κ3) is 4.47. The van der Waals surface area contributed by atoms with Crippen LogP contribution in [-0.2, 0) is 6.18 Å². The first-order valence-electron chi connectivity index (χ1n) is 5.08. The van der Waals surface area contributed by atoms with Gasteiger partial charge in [-0.2, -0.15) is 13.2 Å². The number of nitrogens with zero attached hydrogens (tertiary/aromatic N) is 2. The normalized spacial score (nSPS) is 13.5. The number of hydrogen-bond acceptors (Lipinski definition) is 5. The highest BCUT2D eigenvalue weighted by atomic mass is 19.4. The van der Waals surface area contributed by atoms with Gasteiger partial charge in [-0.15, -0.1) is 0 Å². The minimum Gasteiger partial charge on any atom is -0.385 e. The van der Waals surface area contributed by atoms with Crippen LogP contribution in [0.1, 0.15) is 5.82 Å². The number of alkyl halides is 5. The van der Waals surface area contributed by atoms with Crippen molar-refractivity contribution in [1.82, 2.24) is 9.97 Å². The summed E-state index contributed by atoms with van der Waals surface area (Å²) >= 11 is 0. The summed E-state index contributed by atoms with van der Waals surface area (Å²) in [4.78, 5) is 6.33. The summed E-state index contributed by atoms with van der Waals surface area (Å²) in [5, 5.41) is 13.4. The average molecular weight is 286 g/mol. The van der Waals surface area contributed by atoms with Crippen molar-refractivity contribution in [3.63, 3.8) is 0 Å². The molecule has 0 bridgehead atoms. The fraction of sp³-hybridized carbons (Fsp3) is 0.556. The molecule has 1 rings (SSSR count). The Morgan fingerprint density at radius 3 is 2.32 bits per heavy atom. The largest absolute Gasteiger partial charge is 0.451 e. The molecule has 0 fully saturated rings. The van der Waals surface area contributed by atoms with E-state index >= 15 is 0 Å². The van der Waals surface area contributed by atoms with Gasteiger partial charge in [-0.1, -0.05) is 0 Å². The Kier molecular flexibility index (Phi) is 4.81. The summed E-state index contributed by atoms with van der Waals surface area (Å²) in [6.45, 7) is -0.630. The molecule has 108 valence electrons. The van der Waals surface area contributed by atoms with Crippen LogP contribution >= 0.6 is 0 Å². The molecule has 0 saturated carbocycles. The molecule has 10 heteroatoms. The highest BCUT2D eigenvalue weighted by molar-refractivity contribution is 5.47. The highest BCUT2D eigenvalue weighted by Crippen LogP contribution is 2.28. The molecular formula is C9H11F5N4O. The van der Waals surface area contributed by atoms with Gasteiger partial charge in [-0.25, -0.2) is 18.7 Å². The van der Waals surface area contributed by atoms with Gasteiger partial charge >= 0.3 is 6.18 Å². The van der Waals surface area contributed by atoms with Crippen LogP contribution in [0.4, 0.5) is 33.6 Å². The van der Waals surface area contributed by atoms with Gasteiger partial charge in [0.25, 0.3) is 6.43 Å². The zero-order valence-electron chi connectivity index (χ0n) is 9.67. The molecule has 0 aliphatic heterocycles. The first kappa shape index (κ1) is 15.3. The number of hydrogen-bond donors (Lipinski definition) is 3. The van der Waals surface area contributed by atoms with Crippen molar-refractivity contribution in [2.75, 3.05) is 24.2 Å². The predicted octanol–water partition coefficient (Wildman–Crippen LogP) is 1.57. The molecule has 3 N–H and O–H groups in total. The van der Waals surface area contributed by atoms with Crippen LogP contribution in [0.3, 0.4) is 0 Å². The molecule has 5 nitrogen and oxygen atoms in total. The molecule has 19 heavy (non-hydrogen) atoms. The Hall–Kier alpha value is -1.71. The Bertz CT molecular complexity index is 426. The first-order chi connectivity index (χ1) is 8.74. The highest BCUT2D eigenvalue weighted by Gasteiger charge is 2.35. The molecule has 0 saturated heterocycles. The number of aliphatic hydroxyl groups is 1.